The molecule has 0 atom stereocenters. The molecule has 2 rings (SSSR count). The monoisotopic (exact) mass is 314 g/mol. The smallest absolute Gasteiger partial charge is 0.266 e. The highest BCUT2D eigenvalue weighted by molar-refractivity contribution is 6.32. The molecule has 0 unspecified atom stereocenters. The molecular formula is C16H11ClN2O3. The number of phenols is 2. The molecule has 3 N–H and O–H groups in total. The van der Waals surface area contributed by atoms with Crippen LogP contribution in [0.15, 0.2) is 48.0 Å². The quantitative estimate of drug-likeness (QED) is 0.460. The van der Waals surface area contributed by atoms with Crippen molar-refractivity contribution in [2.75, 3.05) is 5.32 Å². The predicted octanol–water partition coefficient (Wildman–Crippen LogP) is 3.30. The first-order valence-electron chi connectivity index (χ1n) is 6.21. The molecule has 0 spiro atoms. The van der Waals surface area contributed by atoms with E-state index in [4.69, 9.17) is 16.9 Å². The lowest BCUT2D eigenvalue weighted by atomic mass is 10.1. The second-order valence-corrected chi connectivity index (χ2v) is 4.77. The van der Waals surface area contributed by atoms with Crippen LogP contribution >= 0.6 is 11.6 Å². The zero-order valence-electron chi connectivity index (χ0n) is 11.2. The average molecular weight is 315 g/mol. The van der Waals surface area contributed by atoms with Gasteiger partial charge in [0.15, 0.2) is 11.5 Å². The summed E-state index contributed by atoms with van der Waals surface area (Å²) >= 11 is 5.73. The molecule has 6 heteroatoms. The first-order chi connectivity index (χ1) is 10.5. The largest absolute Gasteiger partial charge is 0.504 e. The van der Waals surface area contributed by atoms with Crippen LogP contribution in [0.3, 0.4) is 0 Å². The van der Waals surface area contributed by atoms with E-state index in [0.29, 0.717) is 11.3 Å². The van der Waals surface area contributed by atoms with Gasteiger partial charge in [-0.05, 0) is 35.9 Å². The van der Waals surface area contributed by atoms with Crippen LogP contribution in [0, 0.1) is 11.3 Å². The Morgan fingerprint density at radius 1 is 1.23 bits per heavy atom. The Hall–Kier alpha value is -2.97. The van der Waals surface area contributed by atoms with E-state index in [-0.39, 0.29) is 10.6 Å². The van der Waals surface area contributed by atoms with Gasteiger partial charge < -0.3 is 15.5 Å². The minimum Gasteiger partial charge on any atom is -0.504 e. The van der Waals surface area contributed by atoms with Crippen molar-refractivity contribution in [3.8, 4) is 17.6 Å². The Labute approximate surface area is 131 Å². The minimum atomic E-state index is -0.586. The van der Waals surface area contributed by atoms with E-state index in [1.54, 1.807) is 36.4 Å². The van der Waals surface area contributed by atoms with Crippen LogP contribution in [-0.4, -0.2) is 16.1 Å². The van der Waals surface area contributed by atoms with Gasteiger partial charge in [0.1, 0.15) is 11.6 Å². The number of halogens is 1. The SMILES string of the molecule is N#CC(=Cc1cc(O)c(O)c(Cl)c1)C(=O)Nc1ccccc1. The maximum Gasteiger partial charge on any atom is 0.266 e. The summed E-state index contributed by atoms with van der Waals surface area (Å²) in [4.78, 5) is 12.0. The molecule has 0 saturated carbocycles. The van der Waals surface area contributed by atoms with E-state index in [2.05, 4.69) is 5.32 Å². The van der Waals surface area contributed by atoms with Crippen LogP contribution in [0.4, 0.5) is 5.69 Å². The number of nitriles is 1. The Kier molecular flexibility index (Phi) is 4.66. The summed E-state index contributed by atoms with van der Waals surface area (Å²) in [6.45, 7) is 0. The van der Waals surface area contributed by atoms with Crippen molar-refractivity contribution in [2.24, 2.45) is 0 Å². The molecule has 0 radical (unpaired) electrons. The molecule has 0 saturated heterocycles. The summed E-state index contributed by atoms with van der Waals surface area (Å²) in [6.07, 6.45) is 1.27. The van der Waals surface area contributed by atoms with Gasteiger partial charge >= 0.3 is 0 Å². The highest BCUT2D eigenvalue weighted by Crippen LogP contribution is 2.34. The molecule has 0 aliphatic rings. The lowest BCUT2D eigenvalue weighted by Crippen LogP contribution is -2.13. The molecule has 22 heavy (non-hydrogen) atoms. The summed E-state index contributed by atoms with van der Waals surface area (Å²) < 4.78 is 0. The van der Waals surface area contributed by atoms with E-state index in [0.717, 1.165) is 0 Å². The number of rotatable bonds is 3. The zero-order valence-corrected chi connectivity index (χ0v) is 12.0. The van der Waals surface area contributed by atoms with Crippen LogP contribution in [0.1, 0.15) is 5.56 Å². The second-order valence-electron chi connectivity index (χ2n) is 4.36. The van der Waals surface area contributed by atoms with Crippen molar-refractivity contribution in [1.29, 1.82) is 5.26 Å². The van der Waals surface area contributed by atoms with E-state index < -0.39 is 17.4 Å². The van der Waals surface area contributed by atoms with E-state index in [1.165, 1.54) is 18.2 Å². The normalized spacial score (nSPS) is 10.8. The third-order valence-corrected chi connectivity index (χ3v) is 3.06. The van der Waals surface area contributed by atoms with E-state index in [1.807, 2.05) is 0 Å². The van der Waals surface area contributed by atoms with Crippen LogP contribution in [-0.2, 0) is 4.79 Å². The number of carbonyl (C=O) groups excluding carboxylic acids is 1. The molecule has 2 aromatic rings. The number of phenolic OH excluding ortho intramolecular Hbond substituents is 2. The van der Waals surface area contributed by atoms with Crippen LogP contribution < -0.4 is 5.32 Å². The molecule has 1 amide bonds. The number of nitrogens with zero attached hydrogens (tertiary/aromatic N) is 1. The summed E-state index contributed by atoms with van der Waals surface area (Å²) in [5.74, 6) is -1.47. The molecular weight excluding hydrogens is 304 g/mol. The minimum absolute atomic E-state index is 0.0768. The average Bonchev–Trinajstić information content (AvgIpc) is 2.51. The van der Waals surface area contributed by atoms with Crippen molar-refractivity contribution >= 4 is 29.3 Å². The van der Waals surface area contributed by atoms with Gasteiger partial charge in [0.25, 0.3) is 5.91 Å². The number of carbonyl (C=O) groups is 1. The van der Waals surface area contributed by atoms with Crippen molar-refractivity contribution in [3.63, 3.8) is 0 Å². The van der Waals surface area contributed by atoms with Crippen molar-refractivity contribution in [2.45, 2.75) is 0 Å². The third-order valence-electron chi connectivity index (χ3n) is 2.77. The van der Waals surface area contributed by atoms with Crippen LogP contribution in [0.2, 0.25) is 5.02 Å². The molecule has 0 fully saturated rings. The molecule has 0 aliphatic carbocycles. The van der Waals surface area contributed by atoms with Gasteiger partial charge in [-0.1, -0.05) is 29.8 Å². The van der Waals surface area contributed by atoms with Gasteiger partial charge in [-0.2, -0.15) is 5.26 Å². The summed E-state index contributed by atoms with van der Waals surface area (Å²) in [6, 6.07) is 13.0. The summed E-state index contributed by atoms with van der Waals surface area (Å²) in [5, 5.41) is 30.5. The Balaban J connectivity index is 2.28. The molecule has 5 nitrogen and oxygen atoms in total. The molecule has 0 aromatic heterocycles. The highest BCUT2D eigenvalue weighted by atomic mass is 35.5. The maximum atomic E-state index is 12.0. The Morgan fingerprint density at radius 3 is 2.50 bits per heavy atom. The first kappa shape index (κ1) is 15.4. The third kappa shape index (κ3) is 3.57. The first-order valence-corrected chi connectivity index (χ1v) is 6.58. The topological polar surface area (TPSA) is 93.3 Å². The molecule has 0 bridgehead atoms. The number of aromatic hydroxyl groups is 2. The van der Waals surface area contributed by atoms with Crippen molar-refractivity contribution in [3.05, 3.63) is 58.6 Å². The number of benzene rings is 2. The Bertz CT molecular complexity index is 757. The molecule has 0 heterocycles. The predicted molar refractivity (Wildman–Crippen MR) is 83.4 cm³/mol. The van der Waals surface area contributed by atoms with Gasteiger partial charge in [0.05, 0.1) is 5.02 Å². The van der Waals surface area contributed by atoms with Crippen molar-refractivity contribution in [1.82, 2.24) is 0 Å². The number of para-hydroxylation sites is 1. The van der Waals surface area contributed by atoms with Crippen molar-refractivity contribution < 1.29 is 15.0 Å². The van der Waals surface area contributed by atoms with Crippen LogP contribution in [0.5, 0.6) is 11.5 Å². The van der Waals surface area contributed by atoms with Gasteiger partial charge in [0.2, 0.25) is 0 Å². The second kappa shape index (κ2) is 6.66. The van der Waals surface area contributed by atoms with E-state index in [9.17, 15) is 15.0 Å². The lowest BCUT2D eigenvalue weighted by molar-refractivity contribution is -0.112. The number of nitrogens with one attached hydrogen (secondary N) is 1. The van der Waals surface area contributed by atoms with Gasteiger partial charge in [-0.25, -0.2) is 0 Å². The highest BCUT2D eigenvalue weighted by Gasteiger charge is 2.11. The van der Waals surface area contributed by atoms with Gasteiger partial charge in [-0.3, -0.25) is 4.79 Å². The standard InChI is InChI=1S/C16H11ClN2O3/c17-13-7-10(8-14(20)15(13)21)6-11(9-18)16(22)19-12-4-2-1-3-5-12/h1-8,20-21H,(H,19,22). The molecule has 110 valence electrons. The fourth-order valence-electron chi connectivity index (χ4n) is 1.72. The number of hydrogen-bond donors (Lipinski definition) is 3. The van der Waals surface area contributed by atoms with Crippen LogP contribution in [0.25, 0.3) is 6.08 Å². The van der Waals surface area contributed by atoms with Gasteiger partial charge in [-0.15, -0.1) is 0 Å². The number of amides is 1. The summed E-state index contributed by atoms with van der Waals surface area (Å²) in [7, 11) is 0. The van der Waals surface area contributed by atoms with Gasteiger partial charge in [0, 0.05) is 5.69 Å². The lowest BCUT2D eigenvalue weighted by Gasteiger charge is -2.05. The fraction of sp³-hybridized carbons (Fsp3) is 0. The number of hydrogen-bond acceptors (Lipinski definition) is 4. The summed E-state index contributed by atoms with van der Waals surface area (Å²) in [5.41, 5.74) is 0.713. The number of anilines is 1. The molecule has 2 aromatic carbocycles. The maximum absolute atomic E-state index is 12.0. The fourth-order valence-corrected chi connectivity index (χ4v) is 1.95. The van der Waals surface area contributed by atoms with E-state index >= 15 is 0 Å². The zero-order chi connectivity index (χ0) is 16.1. The Morgan fingerprint density at radius 2 is 1.91 bits per heavy atom. The molecule has 0 aliphatic heterocycles.